The summed E-state index contributed by atoms with van der Waals surface area (Å²) in [5.41, 5.74) is 3.09. The number of rotatable bonds is 0. The van der Waals surface area contributed by atoms with E-state index in [1.165, 1.54) is 36.7 Å². The first kappa shape index (κ1) is 9.86. The van der Waals surface area contributed by atoms with Gasteiger partial charge in [0.15, 0.2) is 0 Å². The van der Waals surface area contributed by atoms with Crippen LogP contribution in [-0.4, -0.2) is 6.54 Å². The van der Waals surface area contributed by atoms with E-state index >= 15 is 0 Å². The molecule has 1 aliphatic heterocycles. The number of aryl methyl sites for hydroxylation is 1. The number of piperidine rings is 1. The lowest BCUT2D eigenvalue weighted by atomic mass is 9.76. The number of benzene rings is 1. The largest absolute Gasteiger partial charge is 0.310 e. The van der Waals surface area contributed by atoms with Crippen LogP contribution in [0.3, 0.4) is 0 Å². The molecule has 3 rings (SSSR count). The van der Waals surface area contributed by atoms with E-state index < -0.39 is 0 Å². The van der Waals surface area contributed by atoms with E-state index in [2.05, 4.69) is 39.4 Å². The van der Waals surface area contributed by atoms with E-state index in [1.807, 2.05) is 0 Å². The third kappa shape index (κ3) is 1.74. The zero-order valence-corrected chi connectivity index (χ0v) is 10.4. The summed E-state index contributed by atoms with van der Waals surface area (Å²) in [6, 6.07) is 7.39. The zero-order chi connectivity index (χ0) is 10.3. The number of nitrogens with one attached hydrogen (secondary N) is 1. The Hall–Kier alpha value is -0.340. The highest BCUT2D eigenvalue weighted by Gasteiger charge is 2.31. The highest BCUT2D eigenvalue weighted by Crippen LogP contribution is 2.39. The van der Waals surface area contributed by atoms with Crippen molar-refractivity contribution in [3.8, 4) is 0 Å². The summed E-state index contributed by atoms with van der Waals surface area (Å²) in [6.45, 7) is 1.19. The van der Waals surface area contributed by atoms with Crippen LogP contribution < -0.4 is 5.32 Å². The summed E-state index contributed by atoms with van der Waals surface area (Å²) in [4.78, 5) is 0. The Morgan fingerprint density at radius 1 is 1.27 bits per heavy atom. The number of hydrogen-bond acceptors (Lipinski definition) is 1. The fourth-order valence-electron chi connectivity index (χ4n) is 3.05. The van der Waals surface area contributed by atoms with Crippen molar-refractivity contribution in [1.29, 1.82) is 0 Å². The lowest BCUT2D eigenvalue weighted by Gasteiger charge is -2.38. The lowest BCUT2D eigenvalue weighted by Crippen LogP contribution is -2.37. The van der Waals surface area contributed by atoms with Crippen molar-refractivity contribution in [1.82, 2.24) is 5.32 Å². The quantitative estimate of drug-likeness (QED) is 0.758. The van der Waals surface area contributed by atoms with Crippen molar-refractivity contribution in [3.05, 3.63) is 33.8 Å². The summed E-state index contributed by atoms with van der Waals surface area (Å²) in [5.74, 6) is 0.876. The second-order valence-electron chi connectivity index (χ2n) is 4.72. The molecular formula is C13H16BrN. The van der Waals surface area contributed by atoms with E-state index in [-0.39, 0.29) is 0 Å². The molecule has 80 valence electrons. The summed E-state index contributed by atoms with van der Waals surface area (Å²) < 4.78 is 1.22. The first-order chi connectivity index (χ1) is 7.34. The van der Waals surface area contributed by atoms with Gasteiger partial charge >= 0.3 is 0 Å². The van der Waals surface area contributed by atoms with Crippen molar-refractivity contribution in [3.63, 3.8) is 0 Å². The molecule has 1 aromatic rings. The normalized spacial score (nSPS) is 29.4. The van der Waals surface area contributed by atoms with Crippen LogP contribution in [0.5, 0.6) is 0 Å². The average molecular weight is 266 g/mol. The fraction of sp³-hybridized carbons (Fsp3) is 0.538. The van der Waals surface area contributed by atoms with Crippen LogP contribution >= 0.6 is 15.9 Å². The van der Waals surface area contributed by atoms with E-state index in [1.54, 1.807) is 11.1 Å². The van der Waals surface area contributed by atoms with Gasteiger partial charge in [-0.05, 0) is 61.4 Å². The van der Waals surface area contributed by atoms with Gasteiger partial charge in [-0.15, -0.1) is 0 Å². The van der Waals surface area contributed by atoms with E-state index in [0.29, 0.717) is 6.04 Å². The van der Waals surface area contributed by atoms with Gasteiger partial charge in [0, 0.05) is 10.5 Å². The minimum absolute atomic E-state index is 0.625. The molecule has 15 heavy (non-hydrogen) atoms. The molecule has 1 heterocycles. The molecule has 2 atom stereocenters. The van der Waals surface area contributed by atoms with Gasteiger partial charge in [0.2, 0.25) is 0 Å². The van der Waals surface area contributed by atoms with Gasteiger partial charge in [-0.3, -0.25) is 0 Å². The van der Waals surface area contributed by atoms with Crippen LogP contribution in [0.4, 0.5) is 0 Å². The second kappa shape index (κ2) is 3.91. The summed E-state index contributed by atoms with van der Waals surface area (Å²) >= 11 is 3.58. The van der Waals surface area contributed by atoms with Crippen LogP contribution in [0.1, 0.15) is 36.4 Å². The fourth-order valence-corrected chi connectivity index (χ4v) is 3.43. The molecule has 2 heteroatoms. The van der Waals surface area contributed by atoms with Crippen molar-refractivity contribution < 1.29 is 0 Å². The van der Waals surface area contributed by atoms with Crippen LogP contribution in [0.15, 0.2) is 22.7 Å². The van der Waals surface area contributed by atoms with Crippen molar-refractivity contribution in [2.45, 2.75) is 31.7 Å². The predicted octanol–water partition coefficient (Wildman–Crippen LogP) is 3.44. The predicted molar refractivity (Wildman–Crippen MR) is 65.9 cm³/mol. The molecule has 2 unspecified atom stereocenters. The van der Waals surface area contributed by atoms with Crippen LogP contribution in [0.25, 0.3) is 0 Å². The molecule has 1 aliphatic carbocycles. The molecule has 1 fully saturated rings. The third-order valence-electron chi connectivity index (χ3n) is 3.81. The third-order valence-corrected chi connectivity index (χ3v) is 4.31. The molecule has 0 amide bonds. The molecule has 1 aromatic carbocycles. The van der Waals surface area contributed by atoms with Gasteiger partial charge in [0.05, 0.1) is 0 Å². The molecule has 1 nitrogen and oxygen atoms in total. The Kier molecular flexibility index (Phi) is 2.57. The molecule has 0 bridgehead atoms. The Morgan fingerprint density at radius 2 is 2.20 bits per heavy atom. The van der Waals surface area contributed by atoms with Crippen molar-refractivity contribution in [2.75, 3.05) is 6.54 Å². The Labute approximate surface area is 99.4 Å². The zero-order valence-electron chi connectivity index (χ0n) is 8.80. The minimum atomic E-state index is 0.625. The first-order valence-electron chi connectivity index (χ1n) is 5.86. The van der Waals surface area contributed by atoms with Gasteiger partial charge in [-0.2, -0.15) is 0 Å². The Balaban J connectivity index is 2.01. The molecule has 1 saturated heterocycles. The number of fused-ring (bicyclic) bond motifs is 3. The van der Waals surface area contributed by atoms with Crippen molar-refractivity contribution in [2.24, 2.45) is 5.92 Å². The maximum absolute atomic E-state index is 3.68. The monoisotopic (exact) mass is 265 g/mol. The molecule has 0 aromatic heterocycles. The SMILES string of the molecule is Brc1ccc2c(c1)C1NCCCC1CC2. The van der Waals surface area contributed by atoms with Gasteiger partial charge in [0.25, 0.3) is 0 Å². The summed E-state index contributed by atoms with van der Waals surface area (Å²) in [6.07, 6.45) is 5.39. The molecular weight excluding hydrogens is 250 g/mol. The molecule has 1 N–H and O–H groups in total. The van der Waals surface area contributed by atoms with E-state index in [4.69, 9.17) is 0 Å². The number of hydrogen-bond donors (Lipinski definition) is 1. The van der Waals surface area contributed by atoms with Crippen LogP contribution in [0.2, 0.25) is 0 Å². The van der Waals surface area contributed by atoms with Crippen molar-refractivity contribution >= 4 is 15.9 Å². The Bertz CT molecular complexity index is 375. The molecule has 0 spiro atoms. The molecule has 0 saturated carbocycles. The lowest BCUT2D eigenvalue weighted by molar-refractivity contribution is 0.254. The highest BCUT2D eigenvalue weighted by atomic mass is 79.9. The van der Waals surface area contributed by atoms with Gasteiger partial charge in [0.1, 0.15) is 0 Å². The van der Waals surface area contributed by atoms with Gasteiger partial charge < -0.3 is 5.32 Å². The van der Waals surface area contributed by atoms with E-state index in [0.717, 1.165) is 5.92 Å². The minimum Gasteiger partial charge on any atom is -0.310 e. The second-order valence-corrected chi connectivity index (χ2v) is 5.63. The topological polar surface area (TPSA) is 12.0 Å². The molecule has 0 radical (unpaired) electrons. The molecule has 2 aliphatic rings. The first-order valence-corrected chi connectivity index (χ1v) is 6.65. The smallest absolute Gasteiger partial charge is 0.0351 e. The summed E-state index contributed by atoms with van der Waals surface area (Å²) in [7, 11) is 0. The maximum Gasteiger partial charge on any atom is 0.0351 e. The average Bonchev–Trinajstić information content (AvgIpc) is 2.29. The summed E-state index contributed by atoms with van der Waals surface area (Å²) in [5, 5.41) is 3.68. The highest BCUT2D eigenvalue weighted by molar-refractivity contribution is 9.10. The van der Waals surface area contributed by atoms with Crippen LogP contribution in [0, 0.1) is 5.92 Å². The van der Waals surface area contributed by atoms with Gasteiger partial charge in [-0.25, -0.2) is 0 Å². The van der Waals surface area contributed by atoms with E-state index in [9.17, 15) is 0 Å². The van der Waals surface area contributed by atoms with Gasteiger partial charge in [-0.1, -0.05) is 22.0 Å². The standard InChI is InChI=1S/C13H16BrN/c14-11-6-5-9-3-4-10-2-1-7-15-13(10)12(9)8-11/h5-6,8,10,13,15H,1-4,7H2. The Morgan fingerprint density at radius 3 is 3.13 bits per heavy atom. The number of halogens is 1. The van der Waals surface area contributed by atoms with Crippen LogP contribution in [-0.2, 0) is 6.42 Å². The maximum atomic E-state index is 3.68.